The molecule has 2 aromatic rings. The standard InChI is InChI=1S/C37H52N4O12S/c1-25(2)23-51-37(46)40(22-34(44)38-16-17-42)27-11-8-14-29(20-27)54(47,48)41(53-28-12-6-7-13-28)21-32(43)31(19-26-9-4-3-5-10-26)39-36(45)52-33-24-50-35-30(33)15-18-49-35/h3-5,8-11,14,20,25,28,30-33,35,42-43H,6-7,12-13,15-19,21-24H2,1-2H3,(H,38,44)(H,39,45)/t30-,31+,32+,33-,35+/m1/s1. The molecule has 5 rings (SSSR count). The Hall–Kier alpha value is -3.84. The summed E-state index contributed by atoms with van der Waals surface area (Å²) in [6.45, 7) is 3.01. The van der Waals surface area contributed by atoms with Gasteiger partial charge in [0.2, 0.25) is 5.91 Å². The summed E-state index contributed by atoms with van der Waals surface area (Å²) in [6.07, 6.45) is -0.832. The molecular formula is C37H52N4O12S. The number of sulfonamides is 1. The number of hydroxylamine groups is 1. The minimum absolute atomic E-state index is 0.00788. The predicted molar refractivity (Wildman–Crippen MR) is 194 cm³/mol. The van der Waals surface area contributed by atoms with E-state index in [1.54, 1.807) is 0 Å². The zero-order valence-electron chi connectivity index (χ0n) is 30.7. The number of carbonyl (C=O) groups excluding carboxylic acids is 3. The Labute approximate surface area is 316 Å². The summed E-state index contributed by atoms with van der Waals surface area (Å²) in [7, 11) is -4.53. The van der Waals surface area contributed by atoms with Crippen molar-refractivity contribution in [1.82, 2.24) is 15.1 Å². The maximum absolute atomic E-state index is 14.4. The molecule has 4 N–H and O–H groups in total. The summed E-state index contributed by atoms with van der Waals surface area (Å²) in [5.41, 5.74) is 0.837. The summed E-state index contributed by atoms with van der Waals surface area (Å²) in [4.78, 5) is 46.0. The second-order valence-corrected chi connectivity index (χ2v) is 15.9. The van der Waals surface area contributed by atoms with Crippen molar-refractivity contribution in [3.05, 3.63) is 60.2 Å². The lowest BCUT2D eigenvalue weighted by Gasteiger charge is -2.31. The number of nitrogens with one attached hydrogen (secondary N) is 2. The van der Waals surface area contributed by atoms with Crippen molar-refractivity contribution in [1.29, 1.82) is 0 Å². The van der Waals surface area contributed by atoms with E-state index in [2.05, 4.69) is 10.6 Å². The summed E-state index contributed by atoms with van der Waals surface area (Å²) in [5.74, 6) is -0.709. The Balaban J connectivity index is 1.39. The van der Waals surface area contributed by atoms with Gasteiger partial charge in [0.05, 0.1) is 62.0 Å². The number of carbonyl (C=O) groups is 3. The predicted octanol–water partition coefficient (Wildman–Crippen LogP) is 2.72. The molecule has 54 heavy (non-hydrogen) atoms. The molecule has 3 aliphatic rings. The Morgan fingerprint density at radius 1 is 1.02 bits per heavy atom. The molecule has 2 heterocycles. The van der Waals surface area contributed by atoms with Crippen molar-refractivity contribution in [2.45, 2.75) is 87.9 Å². The first-order chi connectivity index (χ1) is 25.9. The van der Waals surface area contributed by atoms with Gasteiger partial charge < -0.3 is 39.8 Å². The van der Waals surface area contributed by atoms with Gasteiger partial charge in [0.1, 0.15) is 12.6 Å². The average Bonchev–Trinajstić information content (AvgIpc) is 3.93. The van der Waals surface area contributed by atoms with Crippen LogP contribution in [0.3, 0.4) is 0 Å². The molecule has 5 atom stereocenters. The Morgan fingerprint density at radius 2 is 1.78 bits per heavy atom. The first kappa shape index (κ1) is 41.3. The molecule has 298 valence electrons. The maximum atomic E-state index is 14.4. The van der Waals surface area contributed by atoms with Crippen molar-refractivity contribution in [2.75, 3.05) is 51.0 Å². The quantitative estimate of drug-likeness (QED) is 0.162. The lowest BCUT2D eigenvalue weighted by atomic mass is 10.0. The van der Waals surface area contributed by atoms with Gasteiger partial charge in [-0.15, -0.1) is 0 Å². The maximum Gasteiger partial charge on any atom is 0.414 e. The fourth-order valence-electron chi connectivity index (χ4n) is 6.56. The number of hydrogen-bond donors (Lipinski definition) is 4. The van der Waals surface area contributed by atoms with Gasteiger partial charge in [0, 0.05) is 12.2 Å². The van der Waals surface area contributed by atoms with E-state index < -0.39 is 71.9 Å². The molecule has 0 bridgehead atoms. The van der Waals surface area contributed by atoms with Gasteiger partial charge in [0.15, 0.2) is 6.29 Å². The van der Waals surface area contributed by atoms with E-state index in [-0.39, 0.29) is 55.2 Å². The number of hydrogen-bond acceptors (Lipinski definition) is 12. The Bertz CT molecular complexity index is 1640. The molecule has 0 radical (unpaired) electrons. The molecule has 0 unspecified atom stereocenters. The van der Waals surface area contributed by atoms with Crippen molar-refractivity contribution >= 4 is 33.8 Å². The van der Waals surface area contributed by atoms with Crippen LogP contribution in [0.5, 0.6) is 0 Å². The summed E-state index contributed by atoms with van der Waals surface area (Å²) < 4.78 is 51.8. The number of ether oxygens (including phenoxy) is 4. The van der Waals surface area contributed by atoms with Crippen LogP contribution >= 0.6 is 0 Å². The number of anilines is 1. The largest absolute Gasteiger partial charge is 0.449 e. The third-order valence-electron chi connectivity index (χ3n) is 9.41. The third kappa shape index (κ3) is 11.3. The Kier molecular flexibility index (Phi) is 15.0. The molecular weight excluding hydrogens is 724 g/mol. The lowest BCUT2D eigenvalue weighted by molar-refractivity contribution is -0.145. The van der Waals surface area contributed by atoms with Gasteiger partial charge in [0.25, 0.3) is 10.0 Å². The van der Waals surface area contributed by atoms with Crippen LogP contribution in [0.25, 0.3) is 0 Å². The molecule has 0 aromatic heterocycles. The molecule has 0 spiro atoms. The van der Waals surface area contributed by atoms with Crippen LogP contribution in [0.15, 0.2) is 59.5 Å². The van der Waals surface area contributed by atoms with Gasteiger partial charge in [-0.2, -0.15) is 0 Å². The highest BCUT2D eigenvalue weighted by atomic mass is 32.2. The second-order valence-electron chi connectivity index (χ2n) is 14.1. The van der Waals surface area contributed by atoms with Crippen LogP contribution in [0.2, 0.25) is 0 Å². The van der Waals surface area contributed by atoms with Crippen LogP contribution in [-0.4, -0.2) is 118 Å². The zero-order valence-corrected chi connectivity index (χ0v) is 31.5. The minimum Gasteiger partial charge on any atom is -0.449 e. The number of benzene rings is 2. The summed E-state index contributed by atoms with van der Waals surface area (Å²) >= 11 is 0. The first-order valence-corrected chi connectivity index (χ1v) is 19.9. The SMILES string of the molecule is CC(C)COC(=O)N(CC(=O)NCCO)c1cccc(S(=O)(=O)N(C[C@H](O)[C@H](Cc2ccccc2)NC(=O)O[C@@H]2CO[C@@H]3OCC[C@@H]32)OC2CCCC2)c1. The molecule has 2 aliphatic heterocycles. The first-order valence-electron chi connectivity index (χ1n) is 18.5. The fourth-order valence-corrected chi connectivity index (χ4v) is 7.90. The van der Waals surface area contributed by atoms with E-state index in [0.29, 0.717) is 25.9 Å². The monoisotopic (exact) mass is 776 g/mol. The number of rotatable bonds is 18. The molecule has 2 saturated heterocycles. The average molecular weight is 777 g/mol. The molecule has 3 fully saturated rings. The van der Waals surface area contributed by atoms with Crippen molar-refractivity contribution in [3.63, 3.8) is 0 Å². The highest BCUT2D eigenvalue weighted by Crippen LogP contribution is 2.33. The van der Waals surface area contributed by atoms with Crippen LogP contribution in [-0.2, 0) is 45.0 Å². The molecule has 17 heteroatoms. The van der Waals surface area contributed by atoms with E-state index in [4.69, 9.17) is 28.9 Å². The fraction of sp³-hybridized carbons (Fsp3) is 0.595. The normalized spacial score (nSPS) is 21.1. The van der Waals surface area contributed by atoms with Crippen LogP contribution in [0, 0.1) is 11.8 Å². The highest BCUT2D eigenvalue weighted by molar-refractivity contribution is 7.89. The zero-order chi connectivity index (χ0) is 38.7. The van der Waals surface area contributed by atoms with Crippen LogP contribution < -0.4 is 15.5 Å². The Morgan fingerprint density at radius 3 is 2.50 bits per heavy atom. The summed E-state index contributed by atoms with van der Waals surface area (Å²) in [5, 5.41) is 26.1. The molecule has 1 aliphatic carbocycles. The van der Waals surface area contributed by atoms with E-state index in [9.17, 15) is 27.9 Å². The minimum atomic E-state index is -4.53. The number of aliphatic hydroxyl groups excluding tert-OH is 2. The van der Waals surface area contributed by atoms with E-state index >= 15 is 0 Å². The van der Waals surface area contributed by atoms with Crippen LogP contribution in [0.1, 0.15) is 51.5 Å². The number of alkyl carbamates (subject to hydrolysis) is 1. The van der Waals surface area contributed by atoms with Crippen molar-refractivity contribution in [2.24, 2.45) is 11.8 Å². The van der Waals surface area contributed by atoms with Crippen molar-refractivity contribution in [3.8, 4) is 0 Å². The second kappa shape index (κ2) is 19.7. The number of nitrogens with zero attached hydrogens (tertiary/aromatic N) is 2. The molecule has 16 nitrogen and oxygen atoms in total. The smallest absolute Gasteiger partial charge is 0.414 e. The third-order valence-corrected chi connectivity index (χ3v) is 11.0. The van der Waals surface area contributed by atoms with E-state index in [1.165, 1.54) is 24.3 Å². The highest BCUT2D eigenvalue weighted by Gasteiger charge is 2.44. The van der Waals surface area contributed by atoms with Gasteiger partial charge in [-0.05, 0) is 55.4 Å². The molecule has 2 aromatic carbocycles. The topological polar surface area (TPSA) is 202 Å². The van der Waals surface area contributed by atoms with E-state index in [1.807, 2.05) is 44.2 Å². The molecule has 3 amide bonds. The number of amides is 3. The van der Waals surface area contributed by atoms with Crippen molar-refractivity contribution < 1.29 is 56.8 Å². The number of aliphatic hydroxyl groups is 2. The number of fused-ring (bicyclic) bond motifs is 1. The van der Waals surface area contributed by atoms with Gasteiger partial charge in [-0.1, -0.05) is 67.6 Å². The van der Waals surface area contributed by atoms with E-state index in [0.717, 1.165) is 27.8 Å². The van der Waals surface area contributed by atoms with Gasteiger partial charge in [-0.25, -0.2) is 18.0 Å². The lowest BCUT2D eigenvalue weighted by Crippen LogP contribution is -2.51. The summed E-state index contributed by atoms with van der Waals surface area (Å²) in [6, 6.07) is 13.6. The van der Waals surface area contributed by atoms with Gasteiger partial charge >= 0.3 is 12.2 Å². The van der Waals surface area contributed by atoms with Crippen LogP contribution in [0.4, 0.5) is 15.3 Å². The van der Waals surface area contributed by atoms with Gasteiger partial charge in [-0.3, -0.25) is 14.5 Å². The molecule has 1 saturated carbocycles.